The van der Waals surface area contributed by atoms with Crippen LogP contribution >= 0.6 is 0 Å². The summed E-state index contributed by atoms with van der Waals surface area (Å²) < 4.78 is 0. The predicted octanol–water partition coefficient (Wildman–Crippen LogP) is -3.98. The van der Waals surface area contributed by atoms with Crippen LogP contribution in [0, 0.1) is 0 Å². The van der Waals surface area contributed by atoms with Gasteiger partial charge in [-0.3, -0.25) is 29.0 Å². The largest absolute Gasteiger partial charge is 0.481 e. The first-order valence-electron chi connectivity index (χ1n) is 11.2. The molecule has 0 heterocycles. The number of aliphatic imine (C=N–C) groups is 1. The lowest BCUT2D eigenvalue weighted by Gasteiger charge is -2.25. The number of nitrogens with one attached hydrogen (secondary N) is 3. The van der Waals surface area contributed by atoms with Gasteiger partial charge in [-0.1, -0.05) is 0 Å². The molecule has 0 spiro atoms. The van der Waals surface area contributed by atoms with E-state index >= 15 is 0 Å². The third-order valence-electron chi connectivity index (χ3n) is 4.91. The number of carbonyl (C=O) groups excluding carboxylic acids is 3. The minimum Gasteiger partial charge on any atom is -0.481 e. The van der Waals surface area contributed by atoms with Crippen molar-refractivity contribution in [3.05, 3.63) is 0 Å². The van der Waals surface area contributed by atoms with E-state index in [0.29, 0.717) is 6.42 Å². The van der Waals surface area contributed by atoms with Gasteiger partial charge in [0.25, 0.3) is 0 Å². The Labute approximate surface area is 211 Å². The molecule has 0 aliphatic rings. The number of nitrogens with two attached hydrogens (primary N) is 3. The topological polar surface area (TPSA) is 310 Å². The summed E-state index contributed by atoms with van der Waals surface area (Å²) in [6.07, 6.45) is -3.09. The predicted molar refractivity (Wildman–Crippen MR) is 127 cm³/mol. The lowest BCUT2D eigenvalue weighted by Crippen LogP contribution is -2.58. The number of aliphatic hydroxyl groups excluding tert-OH is 1. The first-order chi connectivity index (χ1) is 17.1. The van der Waals surface area contributed by atoms with Crippen LogP contribution in [0.2, 0.25) is 0 Å². The molecule has 0 radical (unpaired) electrons. The van der Waals surface area contributed by atoms with Crippen LogP contribution in [-0.2, 0) is 28.8 Å². The van der Waals surface area contributed by atoms with Crippen molar-refractivity contribution in [1.82, 2.24) is 16.0 Å². The second-order valence-electron chi connectivity index (χ2n) is 8.11. The van der Waals surface area contributed by atoms with Gasteiger partial charge in [-0.2, -0.15) is 0 Å². The summed E-state index contributed by atoms with van der Waals surface area (Å²) in [5.74, 6) is -7.27. The molecule has 0 bridgehead atoms. The van der Waals surface area contributed by atoms with Crippen LogP contribution in [-0.4, -0.2) is 98.8 Å². The molecule has 0 aliphatic carbocycles. The van der Waals surface area contributed by atoms with Crippen molar-refractivity contribution < 1.29 is 49.2 Å². The number of guanidine groups is 1. The lowest BCUT2D eigenvalue weighted by molar-refractivity contribution is -0.145. The van der Waals surface area contributed by atoms with Gasteiger partial charge in [-0.05, 0) is 32.6 Å². The Kier molecular flexibility index (Phi) is 14.8. The first-order valence-corrected chi connectivity index (χ1v) is 11.2. The van der Waals surface area contributed by atoms with Crippen molar-refractivity contribution in [3.8, 4) is 0 Å². The summed E-state index contributed by atoms with van der Waals surface area (Å²) in [4.78, 5) is 74.9. The highest BCUT2D eigenvalue weighted by Gasteiger charge is 2.32. The number of hydrogen-bond acceptors (Lipinski definition) is 9. The number of carboxylic acid groups (broad SMARTS) is 3. The zero-order valence-corrected chi connectivity index (χ0v) is 20.3. The summed E-state index contributed by atoms with van der Waals surface area (Å²) in [6, 6.07) is -5.92. The molecule has 5 unspecified atom stereocenters. The van der Waals surface area contributed by atoms with Gasteiger partial charge in [0.2, 0.25) is 17.7 Å². The Balaban J connectivity index is 5.54. The fraction of sp³-hybridized carbons (Fsp3) is 0.650. The highest BCUT2D eigenvalue weighted by molar-refractivity contribution is 5.94. The van der Waals surface area contributed by atoms with Gasteiger partial charge in [-0.25, -0.2) is 4.79 Å². The van der Waals surface area contributed by atoms with E-state index in [1.807, 2.05) is 5.32 Å². The molecule has 3 amide bonds. The second kappa shape index (κ2) is 16.6. The summed E-state index contributed by atoms with van der Waals surface area (Å²) in [7, 11) is 0. The Morgan fingerprint density at radius 1 is 0.784 bits per heavy atom. The molecule has 210 valence electrons. The van der Waals surface area contributed by atoms with E-state index in [4.69, 9.17) is 32.5 Å². The number of amides is 3. The quantitative estimate of drug-likeness (QED) is 0.0457. The zero-order chi connectivity index (χ0) is 28.7. The number of aliphatic hydroxyl groups is 1. The van der Waals surface area contributed by atoms with Crippen LogP contribution in [0.4, 0.5) is 0 Å². The molecule has 0 aliphatic heterocycles. The monoisotopic (exact) mass is 533 g/mol. The SMILES string of the molecule is CC(O)C(NC(=O)C(CCC(=O)O)NC(=O)C(CCC(=O)O)NC(=O)C(N)CCCN=C(N)N)C(=O)O. The molecule has 17 heteroatoms. The van der Waals surface area contributed by atoms with Crippen LogP contribution in [0.3, 0.4) is 0 Å². The minimum absolute atomic E-state index is 0.120. The molecule has 13 N–H and O–H groups in total. The number of nitrogens with zero attached hydrogens (tertiary/aromatic N) is 1. The number of rotatable bonds is 18. The smallest absolute Gasteiger partial charge is 0.328 e. The Hall–Kier alpha value is -3.99. The molecule has 0 saturated carbocycles. The van der Waals surface area contributed by atoms with Crippen molar-refractivity contribution in [2.24, 2.45) is 22.2 Å². The van der Waals surface area contributed by atoms with Crippen LogP contribution in [0.5, 0.6) is 0 Å². The van der Waals surface area contributed by atoms with Crippen LogP contribution in [0.25, 0.3) is 0 Å². The zero-order valence-electron chi connectivity index (χ0n) is 20.3. The van der Waals surface area contributed by atoms with Gasteiger partial charge in [0.1, 0.15) is 12.1 Å². The number of carbonyl (C=O) groups is 6. The summed E-state index contributed by atoms with van der Waals surface area (Å²) in [5.41, 5.74) is 16.2. The molecule has 0 aromatic carbocycles. The van der Waals surface area contributed by atoms with Gasteiger partial charge in [-0.15, -0.1) is 0 Å². The van der Waals surface area contributed by atoms with Gasteiger partial charge in [0.05, 0.1) is 12.1 Å². The molecule has 37 heavy (non-hydrogen) atoms. The highest BCUT2D eigenvalue weighted by Crippen LogP contribution is 2.06. The standard InChI is InChI=1S/C20H35N7O10/c1-9(28)15(19(36)37)27-18(35)12(5-7-14(31)32)26-17(34)11(4-6-13(29)30)25-16(33)10(21)3-2-8-24-20(22)23/h9-12,15,28H,2-8,21H2,1H3,(H,25,33)(H,26,34)(H,27,35)(H,29,30)(H,31,32)(H,36,37)(H4,22,23,24). The Morgan fingerprint density at radius 2 is 1.24 bits per heavy atom. The molecular weight excluding hydrogens is 498 g/mol. The normalized spacial score (nSPS) is 14.7. The molecule has 5 atom stereocenters. The third-order valence-corrected chi connectivity index (χ3v) is 4.91. The summed E-state index contributed by atoms with van der Waals surface area (Å²) in [5, 5.41) is 43.2. The fourth-order valence-electron chi connectivity index (χ4n) is 2.92. The van der Waals surface area contributed by atoms with Crippen molar-refractivity contribution in [2.75, 3.05) is 6.54 Å². The molecule has 0 saturated heterocycles. The van der Waals surface area contributed by atoms with Crippen LogP contribution in [0.15, 0.2) is 4.99 Å². The maximum atomic E-state index is 12.9. The number of carboxylic acids is 3. The first kappa shape index (κ1) is 33.0. The van der Waals surface area contributed by atoms with Crippen molar-refractivity contribution in [2.45, 2.75) is 75.7 Å². The maximum Gasteiger partial charge on any atom is 0.328 e. The molecule has 0 rings (SSSR count). The Morgan fingerprint density at radius 3 is 1.65 bits per heavy atom. The average Bonchev–Trinajstić information content (AvgIpc) is 2.78. The van der Waals surface area contributed by atoms with Crippen LogP contribution < -0.4 is 33.2 Å². The van der Waals surface area contributed by atoms with E-state index in [-0.39, 0.29) is 18.9 Å². The van der Waals surface area contributed by atoms with Crippen LogP contribution in [0.1, 0.15) is 45.4 Å². The summed E-state index contributed by atoms with van der Waals surface area (Å²) in [6.45, 7) is 1.29. The van der Waals surface area contributed by atoms with Gasteiger partial charge >= 0.3 is 17.9 Å². The maximum absolute atomic E-state index is 12.9. The second-order valence-corrected chi connectivity index (χ2v) is 8.11. The molecule has 17 nitrogen and oxygen atoms in total. The minimum atomic E-state index is -1.75. The van der Waals surface area contributed by atoms with E-state index in [1.165, 1.54) is 0 Å². The van der Waals surface area contributed by atoms with Crippen molar-refractivity contribution in [1.29, 1.82) is 0 Å². The Bertz CT molecular complexity index is 860. The van der Waals surface area contributed by atoms with Gasteiger partial charge < -0.3 is 53.6 Å². The van der Waals surface area contributed by atoms with Gasteiger partial charge in [0.15, 0.2) is 12.0 Å². The van der Waals surface area contributed by atoms with E-state index in [1.54, 1.807) is 0 Å². The number of aliphatic carboxylic acids is 3. The van der Waals surface area contributed by atoms with E-state index in [0.717, 1.165) is 6.92 Å². The van der Waals surface area contributed by atoms with Gasteiger partial charge in [0, 0.05) is 19.4 Å². The van der Waals surface area contributed by atoms with Crippen molar-refractivity contribution >= 4 is 41.6 Å². The van der Waals surface area contributed by atoms with Crippen molar-refractivity contribution in [3.63, 3.8) is 0 Å². The molecular formula is C20H35N7O10. The summed E-state index contributed by atoms with van der Waals surface area (Å²) >= 11 is 0. The highest BCUT2D eigenvalue weighted by atomic mass is 16.4. The average molecular weight is 534 g/mol. The fourth-order valence-corrected chi connectivity index (χ4v) is 2.92. The molecule has 0 aromatic rings. The lowest BCUT2D eigenvalue weighted by atomic mass is 10.1. The van der Waals surface area contributed by atoms with E-state index in [9.17, 15) is 33.9 Å². The number of hydrogen-bond donors (Lipinski definition) is 10. The molecule has 0 fully saturated rings. The van der Waals surface area contributed by atoms with E-state index < -0.39 is 91.6 Å². The molecule has 0 aromatic heterocycles. The third kappa shape index (κ3) is 14.2. The van der Waals surface area contributed by atoms with E-state index in [2.05, 4.69) is 15.6 Å².